The third kappa shape index (κ3) is 2.89. The number of ether oxygens (including phenoxy) is 1. The maximum absolute atomic E-state index is 12.4. The molecule has 0 bridgehead atoms. The lowest BCUT2D eigenvalue weighted by Gasteiger charge is -2.28. The molecule has 0 saturated heterocycles. The van der Waals surface area contributed by atoms with Gasteiger partial charge >= 0.3 is 0 Å². The van der Waals surface area contributed by atoms with E-state index in [2.05, 4.69) is 0 Å². The van der Waals surface area contributed by atoms with Gasteiger partial charge in [0.15, 0.2) is 6.10 Å². The molecule has 104 valence electrons. The second-order valence-corrected chi connectivity index (χ2v) is 5.87. The van der Waals surface area contributed by atoms with E-state index in [4.69, 9.17) is 4.74 Å². The molecule has 2 unspecified atom stereocenters. The van der Waals surface area contributed by atoms with Crippen molar-refractivity contribution in [1.82, 2.24) is 4.90 Å². The van der Waals surface area contributed by atoms with Gasteiger partial charge in [-0.2, -0.15) is 0 Å². The molecule has 1 N–H and O–H groups in total. The normalized spacial score (nSPS) is 21.7. The first-order valence-electron chi connectivity index (χ1n) is 6.52. The summed E-state index contributed by atoms with van der Waals surface area (Å²) in [5, 5.41) is 9.78. The Labute approximate surface area is 114 Å². The van der Waals surface area contributed by atoms with Crippen molar-refractivity contribution in [2.75, 3.05) is 13.6 Å². The first-order chi connectivity index (χ1) is 8.79. The largest absolute Gasteiger partial charge is 0.480 e. The maximum atomic E-state index is 12.4. The molecule has 2 rings (SSSR count). The molecule has 1 heterocycles. The van der Waals surface area contributed by atoms with Gasteiger partial charge in [-0.05, 0) is 19.9 Å². The van der Waals surface area contributed by atoms with Gasteiger partial charge in [-0.15, -0.1) is 0 Å². The number of hydrogen-bond donors (Lipinski definition) is 1. The molecule has 1 aromatic rings. The van der Waals surface area contributed by atoms with Crippen LogP contribution in [0.4, 0.5) is 0 Å². The highest BCUT2D eigenvalue weighted by molar-refractivity contribution is 5.83. The highest BCUT2D eigenvalue weighted by atomic mass is 16.5. The molecular formula is C15H21NO3. The summed E-state index contributed by atoms with van der Waals surface area (Å²) >= 11 is 0. The van der Waals surface area contributed by atoms with E-state index in [0.29, 0.717) is 0 Å². The number of para-hydroxylation sites is 1. The molecule has 1 aliphatic heterocycles. The second-order valence-electron chi connectivity index (χ2n) is 5.87. The Morgan fingerprint density at radius 3 is 2.63 bits per heavy atom. The topological polar surface area (TPSA) is 49.8 Å². The SMILES string of the molecule is CC1c2ccccc2OC1C(=O)N(C)CC(C)(C)O. The van der Waals surface area contributed by atoms with Crippen molar-refractivity contribution in [3.63, 3.8) is 0 Å². The summed E-state index contributed by atoms with van der Waals surface area (Å²) in [7, 11) is 1.69. The van der Waals surface area contributed by atoms with Crippen LogP contribution in [0.15, 0.2) is 24.3 Å². The molecular weight excluding hydrogens is 242 g/mol. The molecule has 0 radical (unpaired) electrons. The molecule has 19 heavy (non-hydrogen) atoms. The van der Waals surface area contributed by atoms with Crippen LogP contribution >= 0.6 is 0 Å². The molecule has 0 fully saturated rings. The summed E-state index contributed by atoms with van der Waals surface area (Å²) in [6.07, 6.45) is -0.496. The van der Waals surface area contributed by atoms with Gasteiger partial charge in [-0.1, -0.05) is 25.1 Å². The zero-order valence-corrected chi connectivity index (χ0v) is 11.9. The average molecular weight is 263 g/mol. The Bertz CT molecular complexity index is 479. The number of fused-ring (bicyclic) bond motifs is 1. The molecule has 4 nitrogen and oxygen atoms in total. The lowest BCUT2D eigenvalue weighted by Crippen LogP contribution is -2.46. The average Bonchev–Trinajstić information content (AvgIpc) is 2.64. The van der Waals surface area contributed by atoms with Crippen LogP contribution in [0, 0.1) is 0 Å². The third-order valence-corrected chi connectivity index (χ3v) is 3.36. The van der Waals surface area contributed by atoms with Gasteiger partial charge in [-0.3, -0.25) is 4.79 Å². The minimum atomic E-state index is -0.904. The van der Waals surface area contributed by atoms with Crippen LogP contribution in [0.1, 0.15) is 32.3 Å². The summed E-state index contributed by atoms with van der Waals surface area (Å²) in [6.45, 7) is 5.65. The molecule has 0 spiro atoms. The molecule has 0 aromatic heterocycles. The summed E-state index contributed by atoms with van der Waals surface area (Å²) in [5.41, 5.74) is 0.163. The lowest BCUT2D eigenvalue weighted by atomic mass is 9.96. The lowest BCUT2D eigenvalue weighted by molar-refractivity contribution is -0.140. The zero-order valence-electron chi connectivity index (χ0n) is 11.9. The van der Waals surface area contributed by atoms with E-state index in [0.717, 1.165) is 11.3 Å². The summed E-state index contributed by atoms with van der Waals surface area (Å²) in [5.74, 6) is 0.726. The van der Waals surface area contributed by atoms with Crippen molar-refractivity contribution >= 4 is 5.91 Å². The molecule has 1 aromatic carbocycles. The number of likely N-dealkylation sites (N-methyl/N-ethyl adjacent to an activating group) is 1. The van der Waals surface area contributed by atoms with Crippen LogP contribution in [0.25, 0.3) is 0 Å². The van der Waals surface area contributed by atoms with Gasteiger partial charge in [-0.25, -0.2) is 0 Å². The molecule has 0 aliphatic carbocycles. The van der Waals surface area contributed by atoms with Crippen LogP contribution in [-0.2, 0) is 4.79 Å². The number of rotatable bonds is 3. The maximum Gasteiger partial charge on any atom is 0.264 e. The minimum absolute atomic E-state index is 0.0351. The van der Waals surface area contributed by atoms with E-state index in [1.54, 1.807) is 20.9 Å². The molecule has 0 saturated carbocycles. The quantitative estimate of drug-likeness (QED) is 0.904. The molecule has 2 atom stereocenters. The van der Waals surface area contributed by atoms with Crippen molar-refractivity contribution in [2.24, 2.45) is 0 Å². The van der Waals surface area contributed by atoms with Crippen LogP contribution in [0.5, 0.6) is 5.75 Å². The fraction of sp³-hybridized carbons (Fsp3) is 0.533. The number of amides is 1. The van der Waals surface area contributed by atoms with E-state index in [-0.39, 0.29) is 18.4 Å². The van der Waals surface area contributed by atoms with Gasteiger partial charge in [0.1, 0.15) is 5.75 Å². The fourth-order valence-electron chi connectivity index (χ4n) is 2.51. The monoisotopic (exact) mass is 263 g/mol. The second kappa shape index (κ2) is 4.85. The van der Waals surface area contributed by atoms with Crippen molar-refractivity contribution in [3.8, 4) is 5.75 Å². The standard InChI is InChI=1S/C15H21NO3/c1-10-11-7-5-6-8-12(11)19-13(10)14(17)16(4)9-15(2,3)18/h5-8,10,13,18H,9H2,1-4H3. The van der Waals surface area contributed by atoms with Crippen molar-refractivity contribution in [1.29, 1.82) is 0 Å². The van der Waals surface area contributed by atoms with E-state index >= 15 is 0 Å². The van der Waals surface area contributed by atoms with Crippen LogP contribution in [0.2, 0.25) is 0 Å². The Balaban J connectivity index is 2.11. The fourth-order valence-corrected chi connectivity index (χ4v) is 2.51. The first-order valence-corrected chi connectivity index (χ1v) is 6.52. The number of benzene rings is 1. The highest BCUT2D eigenvalue weighted by Crippen LogP contribution is 2.38. The highest BCUT2D eigenvalue weighted by Gasteiger charge is 2.38. The van der Waals surface area contributed by atoms with Crippen LogP contribution in [0.3, 0.4) is 0 Å². The van der Waals surface area contributed by atoms with E-state index in [1.165, 1.54) is 4.90 Å². The Hall–Kier alpha value is -1.55. The molecule has 4 heteroatoms. The number of carbonyl (C=O) groups is 1. The Kier molecular flexibility index (Phi) is 3.54. The van der Waals surface area contributed by atoms with Gasteiger partial charge < -0.3 is 14.7 Å². The summed E-state index contributed by atoms with van der Waals surface area (Å²) in [4.78, 5) is 13.9. The number of hydrogen-bond acceptors (Lipinski definition) is 3. The van der Waals surface area contributed by atoms with Gasteiger partial charge in [0.25, 0.3) is 5.91 Å². The van der Waals surface area contributed by atoms with E-state index in [9.17, 15) is 9.90 Å². The summed E-state index contributed by atoms with van der Waals surface area (Å²) in [6, 6.07) is 7.73. The number of carbonyl (C=O) groups excluding carboxylic acids is 1. The predicted octanol–water partition coefficient (Wildman–Crippen LogP) is 1.78. The van der Waals surface area contributed by atoms with Gasteiger partial charge in [0, 0.05) is 25.1 Å². The van der Waals surface area contributed by atoms with Gasteiger partial charge in [0.05, 0.1) is 5.60 Å². The Morgan fingerprint density at radius 2 is 2.05 bits per heavy atom. The number of nitrogens with zero attached hydrogens (tertiary/aromatic N) is 1. The van der Waals surface area contributed by atoms with Crippen molar-refractivity contribution in [3.05, 3.63) is 29.8 Å². The Morgan fingerprint density at radius 1 is 1.42 bits per heavy atom. The van der Waals surface area contributed by atoms with E-state index in [1.807, 2.05) is 31.2 Å². The summed E-state index contributed by atoms with van der Waals surface area (Å²) < 4.78 is 5.74. The minimum Gasteiger partial charge on any atom is -0.480 e. The van der Waals surface area contributed by atoms with Gasteiger partial charge in [0.2, 0.25) is 0 Å². The van der Waals surface area contributed by atoms with Crippen LogP contribution in [-0.4, -0.2) is 41.2 Å². The third-order valence-electron chi connectivity index (χ3n) is 3.36. The molecule has 1 aliphatic rings. The molecule has 1 amide bonds. The zero-order chi connectivity index (χ0) is 14.2. The smallest absolute Gasteiger partial charge is 0.264 e. The van der Waals surface area contributed by atoms with Crippen LogP contribution < -0.4 is 4.74 Å². The first kappa shape index (κ1) is 13.9. The number of aliphatic hydroxyl groups is 1. The van der Waals surface area contributed by atoms with E-state index < -0.39 is 11.7 Å². The van der Waals surface area contributed by atoms with Crippen molar-refractivity contribution < 1.29 is 14.6 Å². The predicted molar refractivity (Wildman–Crippen MR) is 73.2 cm³/mol. The van der Waals surface area contributed by atoms with Crippen molar-refractivity contribution in [2.45, 2.75) is 38.4 Å².